The first kappa shape index (κ1) is 15.1. The topological polar surface area (TPSA) is 60.2 Å². The number of hydrogen-bond donors (Lipinski definition) is 0. The molecule has 0 radical (unpaired) electrons. The van der Waals surface area contributed by atoms with Crippen LogP contribution >= 0.6 is 0 Å². The number of alkyl halides is 3. The van der Waals surface area contributed by atoms with Crippen molar-refractivity contribution in [1.29, 1.82) is 0 Å². The van der Waals surface area contributed by atoms with Crippen LogP contribution in [0.5, 0.6) is 0 Å². The molecule has 1 aromatic carbocycles. The van der Waals surface area contributed by atoms with Gasteiger partial charge in [0, 0.05) is 17.7 Å². The number of hydrogen-bond acceptors (Lipinski definition) is 4. The Bertz CT molecular complexity index is 820. The number of nitrogens with zero attached hydrogens (tertiary/aromatic N) is 1. The fraction of sp³-hybridized carbons (Fsp3) is 0.357. The quantitative estimate of drug-likeness (QED) is 0.861. The van der Waals surface area contributed by atoms with E-state index in [-0.39, 0.29) is 21.9 Å². The highest BCUT2D eigenvalue weighted by atomic mass is 32.2. The van der Waals surface area contributed by atoms with E-state index in [1.54, 1.807) is 0 Å². The molecule has 1 saturated carbocycles. The molecule has 0 amide bonds. The fourth-order valence-corrected chi connectivity index (χ4v) is 2.97. The number of sulfone groups is 1. The molecule has 0 saturated heterocycles. The average Bonchev–Trinajstić information content (AvgIpc) is 3.13. The molecule has 1 heterocycles. The van der Waals surface area contributed by atoms with E-state index in [2.05, 4.69) is 5.16 Å². The summed E-state index contributed by atoms with van der Waals surface area (Å²) >= 11 is 0. The fourth-order valence-electron chi connectivity index (χ4n) is 2.32. The van der Waals surface area contributed by atoms with Crippen LogP contribution in [-0.2, 0) is 16.0 Å². The predicted octanol–water partition coefficient (Wildman–Crippen LogP) is 3.64. The molecule has 2 aromatic rings. The third kappa shape index (κ3) is 2.75. The number of halogens is 3. The molecule has 1 aromatic heterocycles. The van der Waals surface area contributed by atoms with Crippen molar-refractivity contribution < 1.29 is 26.1 Å². The Balaban J connectivity index is 2.21. The summed E-state index contributed by atoms with van der Waals surface area (Å²) in [6.07, 6.45) is -0.895. The van der Waals surface area contributed by atoms with Crippen LogP contribution < -0.4 is 0 Å². The van der Waals surface area contributed by atoms with Gasteiger partial charge in [-0.1, -0.05) is 11.2 Å². The van der Waals surface area contributed by atoms with Crippen LogP contribution in [0.3, 0.4) is 0 Å². The van der Waals surface area contributed by atoms with E-state index in [4.69, 9.17) is 4.52 Å². The molecule has 118 valence electrons. The molecule has 1 aliphatic rings. The highest BCUT2D eigenvalue weighted by Gasteiger charge is 2.37. The zero-order valence-corrected chi connectivity index (χ0v) is 12.3. The molecule has 3 rings (SSSR count). The molecule has 8 heteroatoms. The molecular formula is C14H12F3NO3S. The molecule has 0 aliphatic heterocycles. The summed E-state index contributed by atoms with van der Waals surface area (Å²) in [6, 6.07) is 3.00. The zero-order chi connectivity index (χ0) is 16.1. The smallest absolute Gasteiger partial charge is 0.364 e. The lowest BCUT2D eigenvalue weighted by Gasteiger charge is -2.13. The number of rotatable bonds is 3. The molecule has 0 bridgehead atoms. The maximum atomic E-state index is 13.3. The maximum Gasteiger partial charge on any atom is 0.417 e. The summed E-state index contributed by atoms with van der Waals surface area (Å²) in [6.45, 7) is 0. The van der Waals surface area contributed by atoms with Crippen molar-refractivity contribution >= 4 is 9.84 Å². The Hall–Kier alpha value is -1.83. The number of aromatic nitrogens is 1. The first-order chi connectivity index (χ1) is 10.2. The number of benzene rings is 1. The third-order valence-corrected chi connectivity index (χ3v) is 4.69. The summed E-state index contributed by atoms with van der Waals surface area (Å²) in [7, 11) is -3.72. The van der Waals surface area contributed by atoms with Crippen LogP contribution in [0, 0.1) is 0 Å². The van der Waals surface area contributed by atoms with Crippen LogP contribution in [0.15, 0.2) is 33.9 Å². The summed E-state index contributed by atoms with van der Waals surface area (Å²) < 4.78 is 67.8. The van der Waals surface area contributed by atoms with E-state index in [1.165, 1.54) is 12.3 Å². The van der Waals surface area contributed by atoms with Crippen LogP contribution in [0.2, 0.25) is 0 Å². The highest BCUT2D eigenvalue weighted by Crippen LogP contribution is 2.46. The van der Waals surface area contributed by atoms with Gasteiger partial charge in [-0.2, -0.15) is 13.2 Å². The summed E-state index contributed by atoms with van der Waals surface area (Å²) in [5, 5.41) is 3.79. The lowest BCUT2D eigenvalue weighted by molar-refractivity contribution is -0.137. The molecule has 0 atom stereocenters. The minimum atomic E-state index is -4.67. The molecule has 22 heavy (non-hydrogen) atoms. The minimum absolute atomic E-state index is 0.108. The van der Waals surface area contributed by atoms with Gasteiger partial charge in [0.05, 0.1) is 16.2 Å². The van der Waals surface area contributed by atoms with Gasteiger partial charge < -0.3 is 4.52 Å². The molecule has 0 N–H and O–H groups in total. The van der Waals surface area contributed by atoms with Gasteiger partial charge in [0.25, 0.3) is 0 Å². The normalized spacial score (nSPS) is 16.0. The first-order valence-corrected chi connectivity index (χ1v) is 8.43. The Morgan fingerprint density at radius 2 is 1.91 bits per heavy atom. The van der Waals surface area contributed by atoms with Gasteiger partial charge >= 0.3 is 6.18 Å². The zero-order valence-electron chi connectivity index (χ0n) is 11.5. The van der Waals surface area contributed by atoms with Crippen molar-refractivity contribution in [1.82, 2.24) is 5.16 Å². The Kier molecular flexibility index (Phi) is 3.32. The SMILES string of the molecule is CS(=O)(=O)c1ccc(-c2conc2C2CC2)c(C(F)(F)F)c1. The van der Waals surface area contributed by atoms with Gasteiger partial charge in [-0.3, -0.25) is 0 Å². The van der Waals surface area contributed by atoms with Gasteiger partial charge in [-0.15, -0.1) is 0 Å². The van der Waals surface area contributed by atoms with Crippen molar-refractivity contribution in [3.05, 3.63) is 35.7 Å². The summed E-state index contributed by atoms with van der Waals surface area (Å²) in [4.78, 5) is -0.368. The van der Waals surface area contributed by atoms with Crippen LogP contribution in [0.25, 0.3) is 11.1 Å². The van der Waals surface area contributed by atoms with Gasteiger partial charge in [-0.25, -0.2) is 8.42 Å². The van der Waals surface area contributed by atoms with E-state index in [0.29, 0.717) is 11.8 Å². The monoisotopic (exact) mass is 331 g/mol. The molecule has 4 nitrogen and oxygen atoms in total. The Morgan fingerprint density at radius 3 is 2.45 bits per heavy atom. The van der Waals surface area contributed by atoms with Crippen LogP contribution in [0.1, 0.15) is 30.0 Å². The first-order valence-electron chi connectivity index (χ1n) is 6.54. The van der Waals surface area contributed by atoms with Crippen molar-refractivity contribution in [2.24, 2.45) is 0 Å². The molecule has 0 spiro atoms. The molecule has 1 fully saturated rings. The lowest BCUT2D eigenvalue weighted by atomic mass is 9.98. The largest absolute Gasteiger partial charge is 0.417 e. The Morgan fingerprint density at radius 1 is 1.23 bits per heavy atom. The minimum Gasteiger partial charge on any atom is -0.364 e. The Labute approximate surface area is 124 Å². The second kappa shape index (κ2) is 4.84. The van der Waals surface area contributed by atoms with Crippen molar-refractivity contribution in [2.45, 2.75) is 29.8 Å². The van der Waals surface area contributed by atoms with E-state index in [0.717, 1.165) is 25.2 Å². The standard InChI is InChI=1S/C14H12F3NO3S/c1-22(19,20)9-4-5-10(12(6-9)14(15,16)17)11-7-21-18-13(11)8-2-3-8/h4-8H,2-3H2,1H3. The third-order valence-electron chi connectivity index (χ3n) is 3.58. The van der Waals surface area contributed by atoms with Crippen LogP contribution in [0.4, 0.5) is 13.2 Å². The summed E-state index contributed by atoms with van der Waals surface area (Å²) in [5.41, 5.74) is -0.337. The van der Waals surface area contributed by atoms with Gasteiger partial charge in [0.15, 0.2) is 9.84 Å². The highest BCUT2D eigenvalue weighted by molar-refractivity contribution is 7.90. The molecule has 0 unspecified atom stereocenters. The van der Waals surface area contributed by atoms with Crippen molar-refractivity contribution in [3.8, 4) is 11.1 Å². The average molecular weight is 331 g/mol. The van der Waals surface area contributed by atoms with Crippen molar-refractivity contribution in [3.63, 3.8) is 0 Å². The van der Waals surface area contributed by atoms with Crippen molar-refractivity contribution in [2.75, 3.05) is 6.26 Å². The molecular weight excluding hydrogens is 319 g/mol. The second-order valence-corrected chi connectivity index (χ2v) is 7.38. The summed E-state index contributed by atoms with van der Waals surface area (Å²) in [5.74, 6) is 0.115. The predicted molar refractivity (Wildman–Crippen MR) is 72.0 cm³/mol. The van der Waals surface area contributed by atoms with E-state index in [9.17, 15) is 21.6 Å². The molecule has 1 aliphatic carbocycles. The van der Waals surface area contributed by atoms with Gasteiger partial charge in [0.1, 0.15) is 6.26 Å². The van der Waals surface area contributed by atoms with Gasteiger partial charge in [0.2, 0.25) is 0 Å². The lowest BCUT2D eigenvalue weighted by Crippen LogP contribution is -2.09. The van der Waals surface area contributed by atoms with Gasteiger partial charge in [-0.05, 0) is 30.5 Å². The van der Waals surface area contributed by atoms with Crippen LogP contribution in [-0.4, -0.2) is 19.8 Å². The van der Waals surface area contributed by atoms with E-state index < -0.39 is 21.6 Å². The van der Waals surface area contributed by atoms with E-state index in [1.807, 2.05) is 0 Å². The second-order valence-electron chi connectivity index (χ2n) is 5.37. The van der Waals surface area contributed by atoms with E-state index >= 15 is 0 Å². The maximum absolute atomic E-state index is 13.3.